The second kappa shape index (κ2) is 9.04. The maximum atomic E-state index is 11.8. The molecule has 1 aromatic carbocycles. The van der Waals surface area contributed by atoms with E-state index in [0.29, 0.717) is 22.5 Å². The molecule has 2 aromatic heterocycles. The van der Waals surface area contributed by atoms with Crippen LogP contribution in [0.25, 0.3) is 0 Å². The highest BCUT2D eigenvalue weighted by atomic mass is 16.3. The van der Waals surface area contributed by atoms with Crippen LogP contribution in [0.2, 0.25) is 0 Å². The molecule has 0 amide bonds. The summed E-state index contributed by atoms with van der Waals surface area (Å²) in [6, 6.07) is 8.73. The Labute approximate surface area is 187 Å². The third-order valence-corrected chi connectivity index (χ3v) is 5.08. The van der Waals surface area contributed by atoms with E-state index in [2.05, 4.69) is 20.0 Å². The molecule has 0 atom stereocenters. The third kappa shape index (κ3) is 4.40. The smallest absolute Gasteiger partial charge is 0.268 e. The normalized spacial score (nSPS) is 11.1. The van der Waals surface area contributed by atoms with Crippen molar-refractivity contribution in [3.05, 3.63) is 77.9 Å². The van der Waals surface area contributed by atoms with Crippen LogP contribution in [0, 0.1) is 43.4 Å². The molecule has 3 rings (SSSR count). The molecular formula is C23H18N6O4. The summed E-state index contributed by atoms with van der Waals surface area (Å²) in [6.45, 7) is 4.89. The highest BCUT2D eigenvalue weighted by Gasteiger charge is 2.13. The van der Waals surface area contributed by atoms with Crippen LogP contribution < -0.4 is 11.1 Å². The van der Waals surface area contributed by atoms with E-state index in [-0.39, 0.29) is 22.3 Å². The van der Waals surface area contributed by atoms with Crippen molar-refractivity contribution in [1.82, 2.24) is 9.97 Å². The van der Waals surface area contributed by atoms with Gasteiger partial charge in [-0.3, -0.25) is 29.5 Å². The lowest BCUT2D eigenvalue weighted by Gasteiger charge is -2.06. The second-order valence-corrected chi connectivity index (χ2v) is 7.14. The Kier molecular flexibility index (Phi) is 6.22. The molecule has 2 heterocycles. The standard InChI is InChI=1S/C23H18N6O4/c1-11-4-5-14(26-9-17-12(2)15(7-24)20(30)28-22(17)32)6-19(11)27-10-18-13(3)16(8-25)21(31)29-23(18)33/h4-6,9-10H,1-3H3,(H2,28,30,32)(H2,29,31,33). The molecule has 3 aromatic rings. The van der Waals surface area contributed by atoms with Gasteiger partial charge in [0, 0.05) is 12.4 Å². The number of H-pyrrole nitrogens is 2. The van der Waals surface area contributed by atoms with Gasteiger partial charge < -0.3 is 10.2 Å². The van der Waals surface area contributed by atoms with Crippen molar-refractivity contribution in [1.29, 1.82) is 10.5 Å². The molecule has 0 unspecified atom stereocenters. The Bertz CT molecular complexity index is 1530. The number of aromatic amines is 2. The van der Waals surface area contributed by atoms with E-state index in [4.69, 9.17) is 10.5 Å². The molecule has 10 nitrogen and oxygen atoms in total. The Balaban J connectivity index is 2.01. The van der Waals surface area contributed by atoms with Crippen molar-refractivity contribution in [3.63, 3.8) is 0 Å². The van der Waals surface area contributed by atoms with Gasteiger partial charge in [0.2, 0.25) is 11.8 Å². The monoisotopic (exact) mass is 442 g/mol. The first kappa shape index (κ1) is 22.7. The molecule has 0 fully saturated rings. The van der Waals surface area contributed by atoms with Gasteiger partial charge in [-0.15, -0.1) is 0 Å². The van der Waals surface area contributed by atoms with E-state index >= 15 is 0 Å². The lowest BCUT2D eigenvalue weighted by molar-refractivity contribution is 0.449. The summed E-state index contributed by atoms with van der Waals surface area (Å²) in [7, 11) is 0. The van der Waals surface area contributed by atoms with Crippen LogP contribution in [0.4, 0.5) is 11.4 Å². The largest absolute Gasteiger partial charge is 0.494 e. The van der Waals surface area contributed by atoms with E-state index in [1.165, 1.54) is 26.3 Å². The number of nitrogens with zero attached hydrogens (tertiary/aromatic N) is 4. The van der Waals surface area contributed by atoms with Crippen molar-refractivity contribution >= 4 is 23.8 Å². The molecule has 0 saturated carbocycles. The number of benzene rings is 1. The molecule has 0 saturated heterocycles. The minimum Gasteiger partial charge on any atom is -0.494 e. The number of aromatic hydroxyl groups is 2. The summed E-state index contributed by atoms with van der Waals surface area (Å²) in [6.07, 6.45) is 2.67. The third-order valence-electron chi connectivity index (χ3n) is 5.08. The molecule has 10 heteroatoms. The average Bonchev–Trinajstić information content (AvgIpc) is 2.75. The topological polar surface area (TPSA) is 178 Å². The van der Waals surface area contributed by atoms with Crippen molar-refractivity contribution in [3.8, 4) is 23.9 Å². The molecule has 0 aliphatic rings. The molecule has 0 aliphatic carbocycles. The maximum absolute atomic E-state index is 11.8. The molecular weight excluding hydrogens is 424 g/mol. The lowest BCUT2D eigenvalue weighted by Crippen LogP contribution is -2.14. The minimum atomic E-state index is -0.683. The maximum Gasteiger partial charge on any atom is 0.268 e. The first-order chi connectivity index (χ1) is 15.7. The quantitative estimate of drug-likeness (QED) is 0.451. The fourth-order valence-corrected chi connectivity index (χ4v) is 3.12. The number of nitrogens with one attached hydrogen (secondary N) is 2. The summed E-state index contributed by atoms with van der Waals surface area (Å²) in [4.78, 5) is 36.6. The lowest BCUT2D eigenvalue weighted by atomic mass is 10.1. The summed E-state index contributed by atoms with van der Waals surface area (Å²) in [5.74, 6) is -0.799. The van der Waals surface area contributed by atoms with Crippen LogP contribution in [0.5, 0.6) is 11.8 Å². The zero-order valence-electron chi connectivity index (χ0n) is 17.9. The molecule has 0 bridgehead atoms. The number of aromatic nitrogens is 2. The van der Waals surface area contributed by atoms with Crippen molar-refractivity contribution in [2.75, 3.05) is 0 Å². The summed E-state index contributed by atoms with van der Waals surface area (Å²) in [5.41, 5.74) is 1.18. The van der Waals surface area contributed by atoms with Gasteiger partial charge >= 0.3 is 0 Å². The van der Waals surface area contributed by atoms with E-state index in [1.807, 2.05) is 6.92 Å². The van der Waals surface area contributed by atoms with E-state index in [1.54, 1.807) is 30.3 Å². The van der Waals surface area contributed by atoms with Gasteiger partial charge in [-0.25, -0.2) is 0 Å². The number of aliphatic imine (C=N–C) groups is 2. The van der Waals surface area contributed by atoms with Crippen LogP contribution >= 0.6 is 0 Å². The summed E-state index contributed by atoms with van der Waals surface area (Å²) >= 11 is 0. The van der Waals surface area contributed by atoms with Crippen molar-refractivity contribution in [2.24, 2.45) is 9.98 Å². The zero-order valence-corrected chi connectivity index (χ0v) is 17.9. The van der Waals surface area contributed by atoms with Crippen LogP contribution in [0.3, 0.4) is 0 Å². The molecule has 0 spiro atoms. The Morgan fingerprint density at radius 2 is 1.33 bits per heavy atom. The second-order valence-electron chi connectivity index (χ2n) is 7.14. The fraction of sp³-hybridized carbons (Fsp3) is 0.130. The van der Waals surface area contributed by atoms with Crippen LogP contribution in [0.15, 0.2) is 37.8 Å². The summed E-state index contributed by atoms with van der Waals surface area (Å²) in [5, 5.41) is 38.4. The van der Waals surface area contributed by atoms with Crippen molar-refractivity contribution in [2.45, 2.75) is 20.8 Å². The molecule has 4 N–H and O–H groups in total. The SMILES string of the molecule is Cc1ccc(N=Cc2c(O)[nH]c(=O)c(C#N)c2C)cc1N=Cc1c(O)[nH]c(=O)c(C#N)c1C. The Morgan fingerprint density at radius 1 is 0.848 bits per heavy atom. The number of nitriles is 2. The molecule has 0 aliphatic heterocycles. The molecule has 33 heavy (non-hydrogen) atoms. The predicted molar refractivity (Wildman–Crippen MR) is 122 cm³/mol. The van der Waals surface area contributed by atoms with E-state index in [9.17, 15) is 19.8 Å². The fourth-order valence-electron chi connectivity index (χ4n) is 3.12. The number of rotatable bonds is 4. The molecule has 164 valence electrons. The number of hydrogen-bond acceptors (Lipinski definition) is 8. The van der Waals surface area contributed by atoms with E-state index in [0.717, 1.165) is 5.56 Å². The predicted octanol–water partition coefficient (Wildman–Crippen LogP) is 2.64. The number of hydrogen-bond donors (Lipinski definition) is 4. The van der Waals surface area contributed by atoms with Crippen LogP contribution in [-0.2, 0) is 0 Å². The zero-order chi connectivity index (χ0) is 24.3. The first-order valence-electron chi connectivity index (χ1n) is 9.58. The van der Waals surface area contributed by atoms with Gasteiger partial charge in [0.25, 0.3) is 11.1 Å². The van der Waals surface area contributed by atoms with Crippen LogP contribution in [0.1, 0.15) is 38.9 Å². The number of pyridine rings is 2. The average molecular weight is 442 g/mol. The van der Waals surface area contributed by atoms with Gasteiger partial charge in [0.05, 0.1) is 22.5 Å². The van der Waals surface area contributed by atoms with Gasteiger partial charge in [-0.05, 0) is 49.6 Å². The Hall–Kier alpha value is -4.96. The van der Waals surface area contributed by atoms with Gasteiger partial charge in [-0.1, -0.05) is 6.07 Å². The van der Waals surface area contributed by atoms with Crippen LogP contribution in [-0.4, -0.2) is 32.6 Å². The Morgan fingerprint density at radius 3 is 1.82 bits per heavy atom. The highest BCUT2D eigenvalue weighted by Crippen LogP contribution is 2.27. The highest BCUT2D eigenvalue weighted by molar-refractivity contribution is 5.89. The molecule has 0 radical (unpaired) electrons. The van der Waals surface area contributed by atoms with Gasteiger partial charge in [0.1, 0.15) is 23.3 Å². The summed E-state index contributed by atoms with van der Waals surface area (Å²) < 4.78 is 0. The van der Waals surface area contributed by atoms with E-state index < -0.39 is 22.9 Å². The number of aryl methyl sites for hydroxylation is 1. The van der Waals surface area contributed by atoms with Crippen molar-refractivity contribution < 1.29 is 10.2 Å². The first-order valence-corrected chi connectivity index (χ1v) is 9.58. The van der Waals surface area contributed by atoms with Gasteiger partial charge in [-0.2, -0.15) is 10.5 Å². The van der Waals surface area contributed by atoms with Gasteiger partial charge in [0.15, 0.2) is 0 Å². The minimum absolute atomic E-state index is 0.114.